The average Bonchev–Trinajstić information content (AvgIpc) is 3.24. The topological polar surface area (TPSA) is 66.8 Å². The number of benzene rings is 1. The number of rotatable bonds is 6. The normalized spacial score (nSPS) is 20.3. The molecule has 2 aliphatic rings. The number of amides is 1. The van der Waals surface area contributed by atoms with E-state index in [9.17, 15) is 9.59 Å². The predicted octanol–water partition coefficient (Wildman–Crippen LogP) is 3.30. The summed E-state index contributed by atoms with van der Waals surface area (Å²) in [6.45, 7) is 0.902. The van der Waals surface area contributed by atoms with Gasteiger partial charge in [-0.3, -0.25) is 9.59 Å². The van der Waals surface area contributed by atoms with Crippen LogP contribution in [0, 0.1) is 5.92 Å². The summed E-state index contributed by atoms with van der Waals surface area (Å²) >= 11 is 0. The third-order valence-electron chi connectivity index (χ3n) is 5.02. The quantitative estimate of drug-likeness (QED) is 0.837. The molecule has 1 amide bonds. The molecule has 1 saturated carbocycles. The van der Waals surface area contributed by atoms with E-state index in [0.717, 1.165) is 24.2 Å². The first kappa shape index (κ1) is 19.6. The van der Waals surface area contributed by atoms with E-state index in [2.05, 4.69) is 0 Å². The number of hydrogen-bond acceptors (Lipinski definition) is 3. The van der Waals surface area contributed by atoms with Gasteiger partial charge < -0.3 is 14.7 Å². The second-order valence-electron chi connectivity index (χ2n) is 6.84. The summed E-state index contributed by atoms with van der Waals surface area (Å²) in [5.74, 6) is -0.279. The van der Waals surface area contributed by atoms with Gasteiger partial charge in [-0.2, -0.15) is 0 Å². The Morgan fingerprint density at radius 1 is 1.20 bits per heavy atom. The maximum atomic E-state index is 12.3. The van der Waals surface area contributed by atoms with E-state index in [1.807, 2.05) is 24.3 Å². The molecular formula is C19H26ClNO4. The zero-order valence-corrected chi connectivity index (χ0v) is 15.2. The number of carbonyl (C=O) groups excluding carboxylic acids is 1. The summed E-state index contributed by atoms with van der Waals surface area (Å²) < 4.78 is 6.00. The van der Waals surface area contributed by atoms with Crippen LogP contribution in [0.15, 0.2) is 24.3 Å². The number of likely N-dealkylation sites (tertiary alicyclic amines) is 1. The Labute approximate surface area is 154 Å². The number of aryl methyl sites for hydroxylation is 1. The number of halogens is 1. The first-order valence-corrected chi connectivity index (χ1v) is 8.88. The van der Waals surface area contributed by atoms with Crippen molar-refractivity contribution >= 4 is 24.3 Å². The number of carbonyl (C=O) groups is 2. The lowest BCUT2D eigenvalue weighted by molar-refractivity contribution is -0.141. The Morgan fingerprint density at radius 2 is 1.96 bits per heavy atom. The van der Waals surface area contributed by atoms with Gasteiger partial charge >= 0.3 is 5.97 Å². The van der Waals surface area contributed by atoms with E-state index in [1.54, 1.807) is 4.90 Å². The fraction of sp³-hybridized carbons (Fsp3) is 0.579. The molecule has 6 heteroatoms. The van der Waals surface area contributed by atoms with E-state index in [-0.39, 0.29) is 18.3 Å². The Bertz CT molecular complexity index is 601. The van der Waals surface area contributed by atoms with E-state index in [4.69, 9.17) is 9.84 Å². The number of ether oxygens (including phenoxy) is 1. The molecule has 1 atom stereocenters. The molecule has 0 aromatic heterocycles. The maximum absolute atomic E-state index is 12.3. The molecule has 1 saturated heterocycles. The van der Waals surface area contributed by atoms with Crippen molar-refractivity contribution < 1.29 is 19.4 Å². The highest BCUT2D eigenvalue weighted by atomic mass is 35.5. The van der Waals surface area contributed by atoms with Gasteiger partial charge in [0.15, 0.2) is 0 Å². The minimum absolute atomic E-state index is 0. The van der Waals surface area contributed by atoms with E-state index < -0.39 is 11.9 Å². The molecule has 0 radical (unpaired) electrons. The Balaban J connectivity index is 0.00000225. The lowest BCUT2D eigenvalue weighted by atomic mass is 10.1. The molecule has 1 unspecified atom stereocenters. The number of aliphatic carboxylic acids is 1. The van der Waals surface area contributed by atoms with Crippen molar-refractivity contribution in [2.45, 2.75) is 51.0 Å². The molecule has 2 fully saturated rings. The minimum atomic E-state index is -0.804. The van der Waals surface area contributed by atoms with E-state index in [1.165, 1.54) is 12.8 Å². The summed E-state index contributed by atoms with van der Waals surface area (Å²) in [4.78, 5) is 24.9. The molecular weight excluding hydrogens is 342 g/mol. The van der Waals surface area contributed by atoms with Crippen molar-refractivity contribution in [3.63, 3.8) is 0 Å². The first-order valence-electron chi connectivity index (χ1n) is 8.88. The highest BCUT2D eigenvalue weighted by Gasteiger charge is 2.30. The monoisotopic (exact) mass is 367 g/mol. The van der Waals surface area contributed by atoms with Crippen LogP contribution < -0.4 is 4.74 Å². The van der Waals surface area contributed by atoms with Crippen molar-refractivity contribution in [3.05, 3.63) is 29.8 Å². The fourth-order valence-electron chi connectivity index (χ4n) is 3.57. The van der Waals surface area contributed by atoms with Crippen LogP contribution in [-0.2, 0) is 16.0 Å². The van der Waals surface area contributed by atoms with Crippen molar-refractivity contribution in [2.75, 3.05) is 13.1 Å². The first-order chi connectivity index (χ1) is 11.6. The zero-order chi connectivity index (χ0) is 16.9. The van der Waals surface area contributed by atoms with Crippen molar-refractivity contribution in [1.29, 1.82) is 0 Å². The Hall–Kier alpha value is -1.75. The van der Waals surface area contributed by atoms with Crippen LogP contribution in [0.5, 0.6) is 5.75 Å². The second-order valence-corrected chi connectivity index (χ2v) is 6.84. The van der Waals surface area contributed by atoms with Gasteiger partial charge in [-0.1, -0.05) is 12.1 Å². The van der Waals surface area contributed by atoms with Gasteiger partial charge in [-0.25, -0.2) is 0 Å². The van der Waals surface area contributed by atoms with Gasteiger partial charge in [0.25, 0.3) is 0 Å². The highest BCUT2D eigenvalue weighted by molar-refractivity contribution is 5.85. The average molecular weight is 368 g/mol. The third-order valence-corrected chi connectivity index (χ3v) is 5.02. The smallest absolute Gasteiger partial charge is 0.308 e. The molecule has 1 aliphatic heterocycles. The molecule has 1 N–H and O–H groups in total. The van der Waals surface area contributed by atoms with Gasteiger partial charge in [-0.05, 0) is 56.2 Å². The zero-order valence-electron chi connectivity index (χ0n) is 14.4. The van der Waals surface area contributed by atoms with Crippen LogP contribution in [0.25, 0.3) is 0 Å². The molecule has 1 aromatic rings. The standard InChI is InChI=1S/C19H25NO4.ClH/c21-18(20-11-10-15(13-20)19(22)23)9-8-14-4-3-7-17(12-14)24-16-5-1-2-6-16;/h3-4,7,12,15-16H,1-2,5-6,8-11,13H2,(H,22,23);1H. The Morgan fingerprint density at radius 3 is 2.64 bits per heavy atom. The van der Waals surface area contributed by atoms with Crippen LogP contribution in [0.2, 0.25) is 0 Å². The number of nitrogens with zero attached hydrogens (tertiary/aromatic N) is 1. The van der Waals surface area contributed by atoms with Crippen LogP contribution in [-0.4, -0.2) is 41.1 Å². The minimum Gasteiger partial charge on any atom is -0.490 e. The maximum Gasteiger partial charge on any atom is 0.308 e. The van der Waals surface area contributed by atoms with Gasteiger partial charge in [0, 0.05) is 19.5 Å². The molecule has 138 valence electrons. The summed E-state index contributed by atoms with van der Waals surface area (Å²) in [5, 5.41) is 9.02. The van der Waals surface area contributed by atoms with Crippen LogP contribution in [0.1, 0.15) is 44.1 Å². The van der Waals surface area contributed by atoms with Crippen molar-refractivity contribution in [3.8, 4) is 5.75 Å². The van der Waals surface area contributed by atoms with Gasteiger partial charge in [0.05, 0.1) is 12.0 Å². The SMILES string of the molecule is Cl.O=C(O)C1CCN(C(=O)CCc2cccc(OC3CCCC3)c2)C1. The molecule has 3 rings (SSSR count). The van der Waals surface area contributed by atoms with Gasteiger partial charge in [0.2, 0.25) is 5.91 Å². The van der Waals surface area contributed by atoms with Crippen LogP contribution in [0.4, 0.5) is 0 Å². The highest BCUT2D eigenvalue weighted by Crippen LogP contribution is 2.25. The Kier molecular flexibility index (Phi) is 7.12. The van der Waals surface area contributed by atoms with Gasteiger partial charge in [0.1, 0.15) is 5.75 Å². The van der Waals surface area contributed by atoms with Crippen LogP contribution in [0.3, 0.4) is 0 Å². The lowest BCUT2D eigenvalue weighted by Crippen LogP contribution is -2.30. The largest absolute Gasteiger partial charge is 0.490 e. The third kappa shape index (κ3) is 5.36. The second kappa shape index (κ2) is 9.09. The van der Waals surface area contributed by atoms with Crippen molar-refractivity contribution in [1.82, 2.24) is 4.90 Å². The number of carboxylic acid groups (broad SMARTS) is 1. The molecule has 5 nitrogen and oxygen atoms in total. The molecule has 1 aliphatic carbocycles. The van der Waals surface area contributed by atoms with E-state index >= 15 is 0 Å². The van der Waals surface area contributed by atoms with E-state index in [0.29, 0.717) is 38.5 Å². The number of carboxylic acids is 1. The molecule has 0 bridgehead atoms. The summed E-state index contributed by atoms with van der Waals surface area (Å²) in [6.07, 6.45) is 6.71. The molecule has 1 heterocycles. The summed E-state index contributed by atoms with van der Waals surface area (Å²) in [7, 11) is 0. The fourth-order valence-corrected chi connectivity index (χ4v) is 3.57. The molecule has 1 aromatic carbocycles. The summed E-state index contributed by atoms with van der Waals surface area (Å²) in [5.41, 5.74) is 1.09. The number of hydrogen-bond donors (Lipinski definition) is 1. The van der Waals surface area contributed by atoms with Crippen molar-refractivity contribution in [2.24, 2.45) is 5.92 Å². The molecule has 0 spiro atoms. The van der Waals surface area contributed by atoms with Gasteiger partial charge in [-0.15, -0.1) is 12.4 Å². The van der Waals surface area contributed by atoms with Crippen LogP contribution >= 0.6 is 12.4 Å². The summed E-state index contributed by atoms with van der Waals surface area (Å²) in [6, 6.07) is 7.98. The molecule has 25 heavy (non-hydrogen) atoms. The lowest BCUT2D eigenvalue weighted by Gasteiger charge is -2.16. The predicted molar refractivity (Wildman–Crippen MR) is 97.2 cm³/mol.